The number of fused-ring (bicyclic) bond motifs is 1. The van der Waals surface area contributed by atoms with Gasteiger partial charge in [0.2, 0.25) is 0 Å². The molecule has 7 nitrogen and oxygen atoms in total. The Labute approximate surface area is 162 Å². The number of aryl methyl sites for hydroxylation is 2. The molecule has 0 unspecified atom stereocenters. The van der Waals surface area contributed by atoms with Crippen molar-refractivity contribution in [2.45, 2.75) is 26.6 Å². The average molecular weight is 405 g/mol. The lowest BCUT2D eigenvalue weighted by molar-refractivity contribution is -0.144. The smallest absolute Gasteiger partial charge is 0.366 e. The predicted molar refractivity (Wildman–Crippen MR) is 96.1 cm³/mol. The maximum absolute atomic E-state index is 14.5. The van der Waals surface area contributed by atoms with E-state index >= 15 is 0 Å². The minimum Gasteiger partial charge on any atom is -0.366 e. The number of benzene rings is 1. The van der Waals surface area contributed by atoms with Crippen molar-refractivity contribution in [3.8, 4) is 5.69 Å². The van der Waals surface area contributed by atoms with E-state index in [1.54, 1.807) is 49.0 Å². The topological polar surface area (TPSA) is 72.9 Å². The fourth-order valence-electron chi connectivity index (χ4n) is 2.91. The highest BCUT2D eigenvalue weighted by molar-refractivity contribution is 5.46. The third-order valence-electron chi connectivity index (χ3n) is 4.26. The molecule has 1 aromatic carbocycles. The van der Waals surface area contributed by atoms with Crippen molar-refractivity contribution in [3.05, 3.63) is 65.4 Å². The molecular formula is C18H15F4N7. The molecule has 0 amide bonds. The van der Waals surface area contributed by atoms with Crippen LogP contribution in [0.1, 0.15) is 22.9 Å². The van der Waals surface area contributed by atoms with Crippen LogP contribution in [0.2, 0.25) is 0 Å². The molecule has 0 aliphatic carbocycles. The monoisotopic (exact) mass is 405 g/mol. The first-order valence-electron chi connectivity index (χ1n) is 8.56. The molecule has 0 fully saturated rings. The second kappa shape index (κ2) is 6.83. The van der Waals surface area contributed by atoms with E-state index < -0.39 is 17.8 Å². The number of halogens is 4. The van der Waals surface area contributed by atoms with Gasteiger partial charge in [-0.1, -0.05) is 6.07 Å². The van der Waals surface area contributed by atoms with E-state index in [9.17, 15) is 17.6 Å². The SMILES string of the molecule is Cc1cc(NCc2ccc(-n3ccnc3C)c(F)c2)n2nc(C(F)(F)F)nc2n1. The molecule has 150 valence electrons. The van der Waals surface area contributed by atoms with Crippen LogP contribution in [0, 0.1) is 19.7 Å². The molecule has 0 aliphatic heterocycles. The zero-order valence-corrected chi connectivity index (χ0v) is 15.4. The maximum atomic E-state index is 14.5. The van der Waals surface area contributed by atoms with Crippen molar-refractivity contribution in [2.24, 2.45) is 0 Å². The van der Waals surface area contributed by atoms with Crippen LogP contribution in [0.5, 0.6) is 0 Å². The van der Waals surface area contributed by atoms with Gasteiger partial charge in [-0.15, -0.1) is 5.10 Å². The van der Waals surface area contributed by atoms with E-state index in [1.165, 1.54) is 6.07 Å². The summed E-state index contributed by atoms with van der Waals surface area (Å²) in [6.07, 6.45) is -1.44. The van der Waals surface area contributed by atoms with Crippen molar-refractivity contribution in [1.82, 2.24) is 29.1 Å². The fraction of sp³-hybridized carbons (Fsp3) is 0.222. The normalized spacial score (nSPS) is 11.9. The minimum atomic E-state index is -4.68. The molecule has 0 saturated heterocycles. The van der Waals surface area contributed by atoms with Gasteiger partial charge in [0.1, 0.15) is 17.5 Å². The Balaban J connectivity index is 1.61. The molecule has 1 N–H and O–H groups in total. The number of nitrogens with one attached hydrogen (secondary N) is 1. The first kappa shape index (κ1) is 18.8. The van der Waals surface area contributed by atoms with Crippen molar-refractivity contribution < 1.29 is 17.6 Å². The van der Waals surface area contributed by atoms with Gasteiger partial charge < -0.3 is 9.88 Å². The molecular weight excluding hydrogens is 390 g/mol. The van der Waals surface area contributed by atoms with Gasteiger partial charge in [-0.05, 0) is 31.5 Å². The standard InChI is InChI=1S/C18H15F4N7/c1-10-7-15(29-17(25-10)26-16(27-29)18(20,21)22)24-9-12-3-4-14(13(19)8-12)28-6-5-23-11(28)2/h3-8,24H,9H2,1-2H3. The highest BCUT2D eigenvalue weighted by Crippen LogP contribution is 2.27. The van der Waals surface area contributed by atoms with Gasteiger partial charge in [0.25, 0.3) is 11.6 Å². The van der Waals surface area contributed by atoms with Crippen molar-refractivity contribution >= 4 is 11.6 Å². The molecule has 3 heterocycles. The van der Waals surface area contributed by atoms with E-state index in [1.807, 2.05) is 0 Å². The van der Waals surface area contributed by atoms with Crippen LogP contribution >= 0.6 is 0 Å². The van der Waals surface area contributed by atoms with Crippen LogP contribution in [0.25, 0.3) is 11.5 Å². The van der Waals surface area contributed by atoms with E-state index in [0.717, 1.165) is 4.52 Å². The number of alkyl halides is 3. The minimum absolute atomic E-state index is 0.167. The third kappa shape index (κ3) is 3.62. The number of anilines is 1. The van der Waals surface area contributed by atoms with Gasteiger partial charge in [0.05, 0.1) is 5.69 Å². The summed E-state index contributed by atoms with van der Waals surface area (Å²) < 4.78 is 55.8. The Bertz CT molecular complexity index is 1190. The lowest BCUT2D eigenvalue weighted by Gasteiger charge is -2.11. The van der Waals surface area contributed by atoms with Gasteiger partial charge in [0, 0.05) is 30.7 Å². The van der Waals surface area contributed by atoms with E-state index in [4.69, 9.17) is 0 Å². The summed E-state index contributed by atoms with van der Waals surface area (Å²) in [7, 11) is 0. The van der Waals surface area contributed by atoms with Gasteiger partial charge in [-0.3, -0.25) is 0 Å². The summed E-state index contributed by atoms with van der Waals surface area (Å²) in [6, 6.07) is 6.24. The highest BCUT2D eigenvalue weighted by atomic mass is 19.4. The Morgan fingerprint density at radius 3 is 2.55 bits per heavy atom. The van der Waals surface area contributed by atoms with E-state index in [-0.39, 0.29) is 18.1 Å². The summed E-state index contributed by atoms with van der Waals surface area (Å²) in [5, 5.41) is 6.45. The Morgan fingerprint density at radius 1 is 1.10 bits per heavy atom. The lowest BCUT2D eigenvalue weighted by Crippen LogP contribution is -2.09. The van der Waals surface area contributed by atoms with Gasteiger partial charge >= 0.3 is 6.18 Å². The molecule has 0 atom stereocenters. The number of imidazole rings is 1. The van der Waals surface area contributed by atoms with Gasteiger partial charge in [-0.25, -0.2) is 14.4 Å². The number of rotatable bonds is 4. The second-order valence-electron chi connectivity index (χ2n) is 6.41. The predicted octanol–water partition coefficient (Wildman–Crippen LogP) is 3.70. The van der Waals surface area contributed by atoms with Crippen LogP contribution in [0.15, 0.2) is 36.7 Å². The lowest BCUT2D eigenvalue weighted by atomic mass is 10.2. The molecule has 4 rings (SSSR count). The van der Waals surface area contributed by atoms with Crippen LogP contribution in [-0.4, -0.2) is 29.1 Å². The van der Waals surface area contributed by atoms with Crippen molar-refractivity contribution in [3.63, 3.8) is 0 Å². The number of hydrogen-bond donors (Lipinski definition) is 1. The molecule has 0 bridgehead atoms. The largest absolute Gasteiger partial charge is 0.453 e. The molecule has 0 spiro atoms. The number of hydrogen-bond acceptors (Lipinski definition) is 5. The molecule has 0 saturated carbocycles. The summed E-state index contributed by atoms with van der Waals surface area (Å²) in [5.41, 5.74) is 1.43. The van der Waals surface area contributed by atoms with Crippen molar-refractivity contribution in [2.75, 3.05) is 5.32 Å². The Kier molecular flexibility index (Phi) is 4.44. The summed E-state index contributed by atoms with van der Waals surface area (Å²) in [4.78, 5) is 11.5. The fourth-order valence-corrected chi connectivity index (χ4v) is 2.91. The van der Waals surface area contributed by atoms with Gasteiger partial charge in [0.15, 0.2) is 0 Å². The molecule has 11 heteroatoms. The van der Waals surface area contributed by atoms with E-state index in [2.05, 4.69) is 25.4 Å². The maximum Gasteiger partial charge on any atom is 0.453 e. The zero-order valence-electron chi connectivity index (χ0n) is 15.4. The second-order valence-corrected chi connectivity index (χ2v) is 6.41. The first-order valence-corrected chi connectivity index (χ1v) is 8.56. The molecule has 0 radical (unpaired) electrons. The zero-order chi connectivity index (χ0) is 20.8. The average Bonchev–Trinajstić information content (AvgIpc) is 3.26. The Morgan fingerprint density at radius 2 is 1.90 bits per heavy atom. The molecule has 4 aromatic rings. The number of aromatic nitrogens is 6. The number of nitrogens with zero attached hydrogens (tertiary/aromatic N) is 6. The van der Waals surface area contributed by atoms with Crippen LogP contribution < -0.4 is 5.32 Å². The van der Waals surface area contributed by atoms with Gasteiger partial charge in [-0.2, -0.15) is 22.7 Å². The van der Waals surface area contributed by atoms with Crippen LogP contribution in [-0.2, 0) is 12.7 Å². The molecule has 29 heavy (non-hydrogen) atoms. The summed E-state index contributed by atoms with van der Waals surface area (Å²) >= 11 is 0. The van der Waals surface area contributed by atoms with E-state index in [0.29, 0.717) is 22.8 Å². The summed E-state index contributed by atoms with van der Waals surface area (Å²) in [5.74, 6) is -0.968. The summed E-state index contributed by atoms with van der Waals surface area (Å²) in [6.45, 7) is 3.56. The third-order valence-corrected chi connectivity index (χ3v) is 4.26. The quantitative estimate of drug-likeness (QED) is 0.524. The molecule has 0 aliphatic rings. The van der Waals surface area contributed by atoms with Crippen LogP contribution in [0.4, 0.5) is 23.4 Å². The highest BCUT2D eigenvalue weighted by Gasteiger charge is 2.36. The molecule has 3 aromatic heterocycles. The van der Waals surface area contributed by atoms with Crippen LogP contribution in [0.3, 0.4) is 0 Å². The van der Waals surface area contributed by atoms with Crippen molar-refractivity contribution in [1.29, 1.82) is 0 Å². The first-order chi connectivity index (χ1) is 13.7. The Hall–Kier alpha value is -3.50.